The monoisotopic (exact) mass is 207 g/mol. The molecule has 2 rings (SSSR count). The number of aromatic nitrogens is 3. The molecule has 0 aliphatic heterocycles. The predicted molar refractivity (Wildman–Crippen MR) is 50.1 cm³/mol. The van der Waals surface area contributed by atoms with Gasteiger partial charge in [-0.3, -0.25) is 0 Å². The first-order valence-corrected chi connectivity index (χ1v) is 4.31. The molecule has 0 aliphatic carbocycles. The highest BCUT2D eigenvalue weighted by molar-refractivity contribution is 5.84. The SMILES string of the molecule is Cc1nc(C)n(-c2ccc(C(=O)O)o2)n1. The van der Waals surface area contributed by atoms with Crippen LogP contribution in [-0.4, -0.2) is 25.8 Å². The lowest BCUT2D eigenvalue weighted by molar-refractivity contribution is 0.0662. The molecule has 0 fully saturated rings. The summed E-state index contributed by atoms with van der Waals surface area (Å²) in [6.07, 6.45) is 0. The Hall–Kier alpha value is -2.11. The molecule has 0 bridgehead atoms. The molecular formula is C9H9N3O3. The van der Waals surface area contributed by atoms with E-state index >= 15 is 0 Å². The van der Waals surface area contributed by atoms with Gasteiger partial charge in [-0.2, -0.15) is 4.68 Å². The maximum atomic E-state index is 10.6. The zero-order chi connectivity index (χ0) is 11.0. The van der Waals surface area contributed by atoms with E-state index < -0.39 is 5.97 Å². The molecule has 0 radical (unpaired) electrons. The van der Waals surface area contributed by atoms with Crippen LogP contribution in [0.4, 0.5) is 0 Å². The third kappa shape index (κ3) is 1.61. The Labute approximate surface area is 85.2 Å². The largest absolute Gasteiger partial charge is 0.475 e. The molecule has 0 unspecified atom stereocenters. The zero-order valence-corrected chi connectivity index (χ0v) is 8.26. The average molecular weight is 207 g/mol. The second kappa shape index (κ2) is 3.23. The maximum Gasteiger partial charge on any atom is 0.371 e. The average Bonchev–Trinajstić information content (AvgIpc) is 2.71. The van der Waals surface area contributed by atoms with Crippen LogP contribution in [0.3, 0.4) is 0 Å². The summed E-state index contributed by atoms with van der Waals surface area (Å²) in [5, 5.41) is 12.8. The number of carboxylic acids is 1. The molecule has 15 heavy (non-hydrogen) atoms. The molecule has 78 valence electrons. The number of hydrogen-bond donors (Lipinski definition) is 1. The first-order chi connectivity index (χ1) is 7.08. The Morgan fingerprint density at radius 3 is 2.67 bits per heavy atom. The highest BCUT2D eigenvalue weighted by Crippen LogP contribution is 2.13. The minimum atomic E-state index is -1.10. The summed E-state index contributed by atoms with van der Waals surface area (Å²) in [6.45, 7) is 3.52. The maximum absolute atomic E-state index is 10.6. The van der Waals surface area contributed by atoms with E-state index in [2.05, 4.69) is 10.1 Å². The second-order valence-corrected chi connectivity index (χ2v) is 3.06. The van der Waals surface area contributed by atoms with Crippen molar-refractivity contribution in [3.05, 3.63) is 29.5 Å². The van der Waals surface area contributed by atoms with Crippen LogP contribution in [0.1, 0.15) is 22.2 Å². The minimum absolute atomic E-state index is 0.113. The highest BCUT2D eigenvalue weighted by atomic mass is 16.4. The normalized spacial score (nSPS) is 10.5. The van der Waals surface area contributed by atoms with Gasteiger partial charge in [-0.15, -0.1) is 5.10 Å². The van der Waals surface area contributed by atoms with Crippen molar-refractivity contribution >= 4 is 5.97 Å². The van der Waals surface area contributed by atoms with Crippen molar-refractivity contribution in [1.29, 1.82) is 0 Å². The van der Waals surface area contributed by atoms with Gasteiger partial charge < -0.3 is 9.52 Å². The van der Waals surface area contributed by atoms with Gasteiger partial charge >= 0.3 is 5.97 Å². The number of aromatic carboxylic acids is 1. The van der Waals surface area contributed by atoms with Crippen LogP contribution >= 0.6 is 0 Å². The third-order valence-electron chi connectivity index (χ3n) is 1.89. The van der Waals surface area contributed by atoms with E-state index in [1.165, 1.54) is 10.7 Å². The minimum Gasteiger partial charge on any atom is -0.475 e. The van der Waals surface area contributed by atoms with E-state index in [1.807, 2.05) is 0 Å². The van der Waals surface area contributed by atoms with E-state index in [4.69, 9.17) is 9.52 Å². The van der Waals surface area contributed by atoms with Gasteiger partial charge in [0.2, 0.25) is 11.6 Å². The summed E-state index contributed by atoms with van der Waals surface area (Å²) < 4.78 is 6.55. The first kappa shape index (κ1) is 9.45. The Morgan fingerprint density at radius 1 is 1.47 bits per heavy atom. The summed E-state index contributed by atoms with van der Waals surface area (Å²) in [7, 11) is 0. The number of rotatable bonds is 2. The lowest BCUT2D eigenvalue weighted by atomic mass is 10.5. The summed E-state index contributed by atoms with van der Waals surface area (Å²) >= 11 is 0. The Balaban J connectivity index is 2.45. The van der Waals surface area contributed by atoms with Crippen LogP contribution in [0, 0.1) is 13.8 Å². The van der Waals surface area contributed by atoms with E-state index in [-0.39, 0.29) is 5.76 Å². The quantitative estimate of drug-likeness (QED) is 0.799. The molecule has 0 aromatic carbocycles. The molecule has 0 atom stereocenters. The van der Waals surface area contributed by atoms with Crippen molar-refractivity contribution in [3.63, 3.8) is 0 Å². The summed E-state index contributed by atoms with van der Waals surface area (Å²) in [6, 6.07) is 2.93. The number of nitrogens with zero attached hydrogens (tertiary/aromatic N) is 3. The van der Waals surface area contributed by atoms with Crippen molar-refractivity contribution in [2.45, 2.75) is 13.8 Å². The molecule has 6 heteroatoms. The first-order valence-electron chi connectivity index (χ1n) is 4.31. The van der Waals surface area contributed by atoms with E-state index in [1.54, 1.807) is 19.9 Å². The number of carboxylic acid groups (broad SMARTS) is 1. The zero-order valence-electron chi connectivity index (χ0n) is 8.26. The fourth-order valence-corrected chi connectivity index (χ4v) is 1.29. The van der Waals surface area contributed by atoms with Gasteiger partial charge in [0.1, 0.15) is 11.6 Å². The van der Waals surface area contributed by atoms with Gasteiger partial charge in [0.25, 0.3) is 0 Å². The summed E-state index contributed by atoms with van der Waals surface area (Å²) in [4.78, 5) is 14.7. The molecule has 6 nitrogen and oxygen atoms in total. The van der Waals surface area contributed by atoms with Crippen LogP contribution in [0.25, 0.3) is 5.88 Å². The molecule has 2 heterocycles. The van der Waals surface area contributed by atoms with Crippen LogP contribution < -0.4 is 0 Å². The molecule has 0 saturated carbocycles. The Kier molecular flexibility index (Phi) is 2.03. The van der Waals surface area contributed by atoms with Crippen molar-refractivity contribution in [2.75, 3.05) is 0 Å². The van der Waals surface area contributed by atoms with Gasteiger partial charge in [0.05, 0.1) is 0 Å². The highest BCUT2D eigenvalue weighted by Gasteiger charge is 2.12. The number of furan rings is 1. The van der Waals surface area contributed by atoms with E-state index in [0.29, 0.717) is 17.5 Å². The lowest BCUT2D eigenvalue weighted by Gasteiger charge is -1.95. The third-order valence-corrected chi connectivity index (χ3v) is 1.89. The smallest absolute Gasteiger partial charge is 0.371 e. The van der Waals surface area contributed by atoms with Crippen molar-refractivity contribution in [2.24, 2.45) is 0 Å². The van der Waals surface area contributed by atoms with Gasteiger partial charge in [0, 0.05) is 6.07 Å². The predicted octanol–water partition coefficient (Wildman–Crippen LogP) is 1.18. The van der Waals surface area contributed by atoms with Gasteiger partial charge in [-0.1, -0.05) is 0 Å². The molecule has 0 amide bonds. The number of hydrogen-bond acceptors (Lipinski definition) is 4. The van der Waals surface area contributed by atoms with E-state index in [0.717, 1.165) is 0 Å². The number of carbonyl (C=O) groups is 1. The molecule has 0 aliphatic rings. The Morgan fingerprint density at radius 2 is 2.20 bits per heavy atom. The molecular weight excluding hydrogens is 198 g/mol. The molecule has 2 aromatic rings. The standard InChI is InChI=1S/C9H9N3O3/c1-5-10-6(2)12(11-5)8-4-3-7(15-8)9(13)14/h3-4H,1-2H3,(H,13,14). The second-order valence-electron chi connectivity index (χ2n) is 3.06. The fraction of sp³-hybridized carbons (Fsp3) is 0.222. The molecule has 2 aromatic heterocycles. The van der Waals surface area contributed by atoms with Crippen LogP contribution in [0.15, 0.2) is 16.5 Å². The van der Waals surface area contributed by atoms with Crippen LogP contribution in [-0.2, 0) is 0 Å². The topological polar surface area (TPSA) is 81.2 Å². The fourth-order valence-electron chi connectivity index (χ4n) is 1.29. The number of aryl methyl sites for hydroxylation is 2. The van der Waals surface area contributed by atoms with Crippen LogP contribution in [0.5, 0.6) is 0 Å². The molecule has 0 saturated heterocycles. The van der Waals surface area contributed by atoms with Gasteiger partial charge in [0.15, 0.2) is 0 Å². The van der Waals surface area contributed by atoms with Crippen molar-refractivity contribution < 1.29 is 14.3 Å². The van der Waals surface area contributed by atoms with Gasteiger partial charge in [-0.25, -0.2) is 9.78 Å². The van der Waals surface area contributed by atoms with Gasteiger partial charge in [-0.05, 0) is 19.9 Å². The summed E-state index contributed by atoms with van der Waals surface area (Å²) in [5.41, 5.74) is 0. The Bertz CT molecular complexity index is 512. The van der Waals surface area contributed by atoms with Crippen LogP contribution in [0.2, 0.25) is 0 Å². The van der Waals surface area contributed by atoms with Crippen molar-refractivity contribution in [3.8, 4) is 5.88 Å². The van der Waals surface area contributed by atoms with E-state index in [9.17, 15) is 4.79 Å². The molecule has 1 N–H and O–H groups in total. The lowest BCUT2D eigenvalue weighted by Crippen LogP contribution is -1.98. The van der Waals surface area contributed by atoms with Crippen molar-refractivity contribution in [1.82, 2.24) is 14.8 Å². The molecule has 0 spiro atoms. The summed E-state index contributed by atoms with van der Waals surface area (Å²) in [5.74, 6) is 0.401.